The predicted molar refractivity (Wildman–Crippen MR) is 154 cm³/mol. The van der Waals surface area contributed by atoms with Gasteiger partial charge in [0.25, 0.3) is 0 Å². The highest BCUT2D eigenvalue weighted by molar-refractivity contribution is 5.88. The Morgan fingerprint density at radius 3 is 1.30 bits per heavy atom. The molecule has 0 radical (unpaired) electrons. The monoisotopic (exact) mass is 572 g/mol. The Morgan fingerprint density at radius 1 is 0.550 bits per heavy atom. The molecule has 234 valence electrons. The van der Waals surface area contributed by atoms with Crippen molar-refractivity contribution in [2.45, 2.75) is 154 Å². The highest BCUT2D eigenvalue weighted by Gasteiger charge is 2.41. The number of methoxy groups -OCH3 is 1. The number of carbonyl (C=O) groups excluding carboxylic acids is 3. The third-order valence-electron chi connectivity index (χ3n) is 6.77. The lowest BCUT2D eigenvalue weighted by Gasteiger charge is -2.23. The lowest BCUT2D eigenvalue weighted by molar-refractivity contribution is -0.190. The average molecular weight is 573 g/mol. The third kappa shape index (κ3) is 21.6. The van der Waals surface area contributed by atoms with E-state index in [4.69, 9.17) is 18.9 Å². The van der Waals surface area contributed by atoms with Gasteiger partial charge in [-0.25, -0.2) is 9.59 Å². The number of carboxylic acid groups (broad SMARTS) is 1. The van der Waals surface area contributed by atoms with Crippen LogP contribution in [0.3, 0.4) is 0 Å². The summed E-state index contributed by atoms with van der Waals surface area (Å²) >= 11 is 0. The van der Waals surface area contributed by atoms with Crippen molar-refractivity contribution in [3.63, 3.8) is 0 Å². The van der Waals surface area contributed by atoms with E-state index < -0.39 is 36.1 Å². The lowest BCUT2D eigenvalue weighted by Crippen LogP contribution is -2.46. The van der Waals surface area contributed by atoms with Crippen LogP contribution in [0.15, 0.2) is 0 Å². The van der Waals surface area contributed by atoms with Crippen LogP contribution in [0.25, 0.3) is 0 Å². The Labute approximate surface area is 242 Å². The molecule has 0 amide bonds. The van der Waals surface area contributed by atoms with E-state index in [2.05, 4.69) is 13.8 Å². The van der Waals surface area contributed by atoms with Gasteiger partial charge >= 0.3 is 23.9 Å². The van der Waals surface area contributed by atoms with Gasteiger partial charge in [-0.2, -0.15) is 0 Å². The molecule has 0 spiro atoms. The van der Waals surface area contributed by atoms with Gasteiger partial charge in [0.2, 0.25) is 12.2 Å². The number of aliphatic carboxylic acids is 1. The first kappa shape index (κ1) is 37.8. The number of carbonyl (C=O) groups is 4. The Hall–Kier alpha value is -2.16. The van der Waals surface area contributed by atoms with Gasteiger partial charge in [0, 0.05) is 20.0 Å². The molecule has 0 heterocycles. The largest absolute Gasteiger partial charge is 0.478 e. The molecule has 1 N–H and O–H groups in total. The van der Waals surface area contributed by atoms with Crippen LogP contribution in [-0.4, -0.2) is 61.5 Å². The van der Waals surface area contributed by atoms with Crippen LogP contribution >= 0.6 is 0 Å². The molecule has 0 aromatic heterocycles. The summed E-state index contributed by atoms with van der Waals surface area (Å²) in [5.74, 6) is -4.14. The Balaban J connectivity index is 4.71. The second kappa shape index (κ2) is 27.0. The van der Waals surface area contributed by atoms with E-state index in [0.29, 0.717) is 12.8 Å². The highest BCUT2D eigenvalue weighted by atomic mass is 16.6. The number of esters is 3. The van der Waals surface area contributed by atoms with Gasteiger partial charge in [0.15, 0.2) is 0 Å². The molecule has 0 unspecified atom stereocenters. The van der Waals surface area contributed by atoms with Crippen molar-refractivity contribution in [1.29, 1.82) is 0 Å². The molecular weight excluding hydrogens is 516 g/mol. The van der Waals surface area contributed by atoms with Gasteiger partial charge in [-0.1, -0.05) is 117 Å². The fourth-order valence-corrected chi connectivity index (χ4v) is 4.34. The van der Waals surface area contributed by atoms with Crippen molar-refractivity contribution in [2.75, 3.05) is 20.3 Å². The molecule has 9 heteroatoms. The van der Waals surface area contributed by atoms with Crippen LogP contribution in [0.5, 0.6) is 0 Å². The molecule has 0 saturated heterocycles. The summed E-state index contributed by atoms with van der Waals surface area (Å²) in [6.45, 7) is 4.30. The van der Waals surface area contributed by atoms with E-state index in [1.165, 1.54) is 71.3 Å². The van der Waals surface area contributed by atoms with E-state index in [1.54, 1.807) is 0 Å². The summed E-state index contributed by atoms with van der Waals surface area (Å²) in [7, 11) is 1.42. The zero-order valence-electron chi connectivity index (χ0n) is 25.4. The molecule has 0 aliphatic carbocycles. The molecule has 40 heavy (non-hydrogen) atoms. The Bertz CT molecular complexity index is 665. The zero-order valence-corrected chi connectivity index (χ0v) is 25.4. The van der Waals surface area contributed by atoms with E-state index in [-0.39, 0.29) is 26.1 Å². The normalized spacial score (nSPS) is 12.5. The first-order valence-corrected chi connectivity index (χ1v) is 15.6. The predicted octanol–water partition coefficient (Wildman–Crippen LogP) is 6.93. The Morgan fingerprint density at radius 2 is 0.925 bits per heavy atom. The maximum absolute atomic E-state index is 12.6. The van der Waals surface area contributed by atoms with Crippen LogP contribution in [0, 0.1) is 0 Å². The van der Waals surface area contributed by atoms with Crippen LogP contribution in [0.2, 0.25) is 0 Å². The smallest absolute Gasteiger partial charge is 0.352 e. The van der Waals surface area contributed by atoms with Crippen molar-refractivity contribution in [2.24, 2.45) is 0 Å². The lowest BCUT2D eigenvalue weighted by atomic mass is 10.1. The SMILES string of the molecule is CCCCCCCCCCCC(=O)O[C@H](C(=O)OCCOC)[C@@H](OC(=O)CCCCCCCCCCC)C(=O)O. The number of hydrogen-bond donors (Lipinski definition) is 1. The van der Waals surface area contributed by atoms with Gasteiger partial charge in [-0.05, 0) is 12.8 Å². The van der Waals surface area contributed by atoms with Crippen molar-refractivity contribution >= 4 is 23.9 Å². The molecular formula is C31H56O9. The summed E-state index contributed by atoms with van der Waals surface area (Å²) < 4.78 is 20.2. The second-order valence-corrected chi connectivity index (χ2v) is 10.5. The minimum absolute atomic E-state index is 0.0252. The summed E-state index contributed by atoms with van der Waals surface area (Å²) in [5.41, 5.74) is 0. The number of rotatable bonds is 28. The first-order valence-electron chi connectivity index (χ1n) is 15.6. The van der Waals surface area contributed by atoms with Gasteiger partial charge in [-0.15, -0.1) is 0 Å². The Kier molecular flexibility index (Phi) is 25.6. The highest BCUT2D eigenvalue weighted by Crippen LogP contribution is 2.16. The van der Waals surface area contributed by atoms with Crippen LogP contribution in [-0.2, 0) is 38.1 Å². The number of hydrogen-bond acceptors (Lipinski definition) is 8. The fourth-order valence-electron chi connectivity index (χ4n) is 4.34. The standard InChI is InChI=1S/C31H56O9/c1-4-6-8-10-12-14-16-18-20-22-26(32)39-28(30(34)35)29(31(36)38-25-24-37-3)40-27(33)23-21-19-17-15-13-11-9-7-5-2/h28-29H,4-25H2,1-3H3,(H,34,35)/t28-,29+/m1/s1. The molecule has 0 aliphatic heterocycles. The third-order valence-corrected chi connectivity index (χ3v) is 6.77. The molecule has 9 nitrogen and oxygen atoms in total. The number of carboxylic acids is 1. The van der Waals surface area contributed by atoms with Crippen LogP contribution in [0.1, 0.15) is 142 Å². The minimum Gasteiger partial charge on any atom is -0.478 e. The van der Waals surface area contributed by atoms with Gasteiger partial charge in [0.1, 0.15) is 6.61 Å². The second-order valence-electron chi connectivity index (χ2n) is 10.5. The van der Waals surface area contributed by atoms with Crippen molar-refractivity contribution in [1.82, 2.24) is 0 Å². The average Bonchev–Trinajstić information content (AvgIpc) is 2.93. The van der Waals surface area contributed by atoms with Crippen LogP contribution < -0.4 is 0 Å². The van der Waals surface area contributed by atoms with Gasteiger partial charge in [-0.3, -0.25) is 9.59 Å². The van der Waals surface area contributed by atoms with E-state index in [1.807, 2.05) is 0 Å². The summed E-state index contributed by atoms with van der Waals surface area (Å²) in [6.07, 6.45) is 15.4. The van der Waals surface area contributed by atoms with Crippen molar-refractivity contribution in [3.05, 3.63) is 0 Å². The van der Waals surface area contributed by atoms with Gasteiger partial charge < -0.3 is 24.1 Å². The maximum Gasteiger partial charge on any atom is 0.352 e. The molecule has 0 rings (SSSR count). The maximum atomic E-state index is 12.6. The molecule has 0 aromatic carbocycles. The number of unbranched alkanes of at least 4 members (excludes halogenated alkanes) is 16. The molecule has 0 saturated carbocycles. The van der Waals surface area contributed by atoms with Crippen LogP contribution in [0.4, 0.5) is 0 Å². The number of ether oxygens (including phenoxy) is 4. The summed E-state index contributed by atoms with van der Waals surface area (Å²) in [5, 5.41) is 9.71. The molecule has 0 fully saturated rings. The molecule has 0 aliphatic rings. The van der Waals surface area contributed by atoms with Crippen molar-refractivity contribution < 1.29 is 43.2 Å². The topological polar surface area (TPSA) is 125 Å². The fraction of sp³-hybridized carbons (Fsp3) is 0.871. The first-order chi connectivity index (χ1) is 19.4. The summed E-state index contributed by atoms with van der Waals surface area (Å²) in [4.78, 5) is 49.4. The van der Waals surface area contributed by atoms with Gasteiger partial charge in [0.05, 0.1) is 6.61 Å². The van der Waals surface area contributed by atoms with E-state index >= 15 is 0 Å². The molecule has 2 atom stereocenters. The minimum atomic E-state index is -1.98. The van der Waals surface area contributed by atoms with E-state index in [9.17, 15) is 24.3 Å². The molecule has 0 bridgehead atoms. The zero-order chi connectivity index (χ0) is 29.8. The molecule has 0 aromatic rings. The summed E-state index contributed by atoms with van der Waals surface area (Å²) in [6, 6.07) is 0. The van der Waals surface area contributed by atoms with E-state index in [0.717, 1.165) is 38.5 Å². The quantitative estimate of drug-likeness (QED) is 0.0603. The van der Waals surface area contributed by atoms with Crippen molar-refractivity contribution in [3.8, 4) is 0 Å².